The van der Waals surface area contributed by atoms with Crippen LogP contribution >= 0.6 is 23.4 Å². The number of thioether (sulfide) groups is 1. The molecule has 0 aliphatic rings. The number of amides is 1. The summed E-state index contributed by atoms with van der Waals surface area (Å²) in [6.07, 6.45) is 0. The van der Waals surface area contributed by atoms with Gasteiger partial charge in [-0.05, 0) is 36.8 Å². The van der Waals surface area contributed by atoms with E-state index < -0.39 is 5.82 Å². The van der Waals surface area contributed by atoms with Gasteiger partial charge in [0, 0.05) is 24.2 Å². The van der Waals surface area contributed by atoms with Crippen LogP contribution in [0, 0.1) is 12.7 Å². The Bertz CT molecular complexity index is 908. The summed E-state index contributed by atoms with van der Waals surface area (Å²) in [4.78, 5) is 21.4. The fourth-order valence-corrected chi connectivity index (χ4v) is 3.47. The van der Waals surface area contributed by atoms with E-state index in [2.05, 4.69) is 9.97 Å². The van der Waals surface area contributed by atoms with Crippen LogP contribution in [0.2, 0.25) is 5.02 Å². The van der Waals surface area contributed by atoms with Gasteiger partial charge in [-0.1, -0.05) is 35.5 Å². The second-order valence-electron chi connectivity index (χ2n) is 5.80. The summed E-state index contributed by atoms with van der Waals surface area (Å²) >= 11 is 7.33. The number of H-pyrrole nitrogens is 1. The topological polar surface area (TPSA) is 49.0 Å². The Morgan fingerprint density at radius 1 is 1.36 bits per heavy atom. The third-order valence-electron chi connectivity index (χ3n) is 3.83. The van der Waals surface area contributed by atoms with E-state index in [1.807, 2.05) is 25.1 Å². The number of rotatable bonds is 5. The number of fused-ring (bicyclic) bond motifs is 1. The SMILES string of the molecule is Cc1ccc2nc(SCC(=O)N(C)Cc3c(F)cccc3Cl)[nH]c2c1. The minimum absolute atomic E-state index is 0.124. The highest BCUT2D eigenvalue weighted by atomic mass is 35.5. The van der Waals surface area contributed by atoms with Crippen molar-refractivity contribution in [1.82, 2.24) is 14.9 Å². The highest BCUT2D eigenvalue weighted by Crippen LogP contribution is 2.23. The lowest BCUT2D eigenvalue weighted by atomic mass is 10.2. The second-order valence-corrected chi connectivity index (χ2v) is 7.17. The monoisotopic (exact) mass is 377 g/mol. The third kappa shape index (κ3) is 4.14. The van der Waals surface area contributed by atoms with Crippen LogP contribution in [0.25, 0.3) is 11.0 Å². The van der Waals surface area contributed by atoms with Crippen molar-refractivity contribution in [3.63, 3.8) is 0 Å². The van der Waals surface area contributed by atoms with Crippen LogP contribution in [0.3, 0.4) is 0 Å². The van der Waals surface area contributed by atoms with Gasteiger partial charge in [0.25, 0.3) is 0 Å². The first kappa shape index (κ1) is 17.8. The van der Waals surface area contributed by atoms with Gasteiger partial charge in [0.15, 0.2) is 5.16 Å². The molecule has 1 heterocycles. The van der Waals surface area contributed by atoms with Crippen molar-refractivity contribution in [2.24, 2.45) is 0 Å². The van der Waals surface area contributed by atoms with Crippen molar-refractivity contribution in [3.05, 3.63) is 58.4 Å². The summed E-state index contributed by atoms with van der Waals surface area (Å²) in [5.41, 5.74) is 3.28. The van der Waals surface area contributed by atoms with Crippen molar-refractivity contribution in [2.45, 2.75) is 18.6 Å². The van der Waals surface area contributed by atoms with Crippen LogP contribution in [0.5, 0.6) is 0 Å². The van der Waals surface area contributed by atoms with E-state index in [0.29, 0.717) is 15.7 Å². The van der Waals surface area contributed by atoms with Gasteiger partial charge in [0.2, 0.25) is 5.91 Å². The maximum atomic E-state index is 13.8. The highest BCUT2D eigenvalue weighted by Gasteiger charge is 2.15. The van der Waals surface area contributed by atoms with Crippen LogP contribution in [-0.2, 0) is 11.3 Å². The van der Waals surface area contributed by atoms with E-state index in [0.717, 1.165) is 16.6 Å². The third-order valence-corrected chi connectivity index (χ3v) is 5.04. The minimum Gasteiger partial charge on any atom is -0.341 e. The van der Waals surface area contributed by atoms with Crippen LogP contribution in [0.1, 0.15) is 11.1 Å². The summed E-state index contributed by atoms with van der Waals surface area (Å²) in [5, 5.41) is 1.01. The minimum atomic E-state index is -0.410. The number of carbonyl (C=O) groups is 1. The lowest BCUT2D eigenvalue weighted by molar-refractivity contribution is -0.127. The van der Waals surface area contributed by atoms with Gasteiger partial charge in [-0.25, -0.2) is 9.37 Å². The molecule has 0 bridgehead atoms. The number of nitrogens with one attached hydrogen (secondary N) is 1. The quantitative estimate of drug-likeness (QED) is 0.670. The summed E-state index contributed by atoms with van der Waals surface area (Å²) in [6, 6.07) is 10.4. The molecule has 0 atom stereocenters. The molecule has 0 aliphatic carbocycles. The van der Waals surface area contributed by atoms with Gasteiger partial charge in [0.1, 0.15) is 5.82 Å². The number of benzene rings is 2. The van der Waals surface area contributed by atoms with Crippen molar-refractivity contribution >= 4 is 40.3 Å². The second kappa shape index (κ2) is 7.45. The molecule has 0 saturated carbocycles. The number of aryl methyl sites for hydroxylation is 1. The number of nitrogens with zero attached hydrogens (tertiary/aromatic N) is 2. The largest absolute Gasteiger partial charge is 0.341 e. The summed E-state index contributed by atoms with van der Waals surface area (Å²) in [7, 11) is 1.63. The molecule has 25 heavy (non-hydrogen) atoms. The molecule has 3 aromatic rings. The number of aromatic nitrogens is 2. The molecule has 0 aliphatic heterocycles. The number of hydrogen-bond donors (Lipinski definition) is 1. The fraction of sp³-hybridized carbons (Fsp3) is 0.222. The Balaban J connectivity index is 1.63. The highest BCUT2D eigenvalue weighted by molar-refractivity contribution is 7.99. The molecule has 1 aromatic heterocycles. The molecule has 0 radical (unpaired) electrons. The van der Waals surface area contributed by atoms with Crippen molar-refractivity contribution in [1.29, 1.82) is 0 Å². The molecule has 1 N–H and O–H groups in total. The van der Waals surface area contributed by atoms with Gasteiger partial charge >= 0.3 is 0 Å². The van der Waals surface area contributed by atoms with Crippen LogP contribution < -0.4 is 0 Å². The normalized spacial score (nSPS) is 11.0. The molecule has 1 amide bonds. The Labute approximate surface area is 154 Å². The molecule has 130 valence electrons. The molecule has 4 nitrogen and oxygen atoms in total. The number of aromatic amines is 1. The van der Waals surface area contributed by atoms with Crippen molar-refractivity contribution in [2.75, 3.05) is 12.8 Å². The van der Waals surface area contributed by atoms with Gasteiger partial charge < -0.3 is 9.88 Å². The first-order valence-electron chi connectivity index (χ1n) is 7.70. The number of halogens is 2. The fourth-order valence-electron chi connectivity index (χ4n) is 2.42. The van der Waals surface area contributed by atoms with Gasteiger partial charge in [0.05, 0.1) is 16.8 Å². The Hall–Kier alpha value is -2.05. The first-order chi connectivity index (χ1) is 11.9. The van der Waals surface area contributed by atoms with E-state index in [-0.39, 0.29) is 18.2 Å². The first-order valence-corrected chi connectivity index (χ1v) is 9.06. The number of imidazole rings is 1. The van der Waals surface area contributed by atoms with E-state index >= 15 is 0 Å². The van der Waals surface area contributed by atoms with Gasteiger partial charge in [-0.2, -0.15) is 0 Å². The van der Waals surface area contributed by atoms with Crippen molar-refractivity contribution < 1.29 is 9.18 Å². The summed E-state index contributed by atoms with van der Waals surface area (Å²) < 4.78 is 13.8. The van der Waals surface area contributed by atoms with Crippen LogP contribution in [0.4, 0.5) is 4.39 Å². The molecule has 2 aromatic carbocycles. The molecule has 3 rings (SSSR count). The number of hydrogen-bond acceptors (Lipinski definition) is 3. The lowest BCUT2D eigenvalue weighted by Gasteiger charge is -2.18. The Kier molecular flexibility index (Phi) is 5.30. The zero-order valence-corrected chi connectivity index (χ0v) is 15.4. The zero-order chi connectivity index (χ0) is 18.0. The predicted octanol–water partition coefficient (Wildman–Crippen LogP) is 4.41. The van der Waals surface area contributed by atoms with E-state index in [4.69, 9.17) is 11.6 Å². The molecule has 0 saturated heterocycles. The number of carbonyl (C=O) groups excluding carboxylic acids is 1. The van der Waals surface area contributed by atoms with Crippen LogP contribution in [-0.4, -0.2) is 33.6 Å². The Morgan fingerprint density at radius 3 is 2.92 bits per heavy atom. The summed E-state index contributed by atoms with van der Waals surface area (Å²) in [6.45, 7) is 2.14. The van der Waals surface area contributed by atoms with E-state index in [1.165, 1.54) is 22.7 Å². The molecule has 0 spiro atoms. The van der Waals surface area contributed by atoms with Gasteiger partial charge in [-0.3, -0.25) is 4.79 Å². The van der Waals surface area contributed by atoms with Crippen LogP contribution in [0.15, 0.2) is 41.6 Å². The van der Waals surface area contributed by atoms with Gasteiger partial charge in [-0.15, -0.1) is 0 Å². The van der Waals surface area contributed by atoms with E-state index in [1.54, 1.807) is 19.2 Å². The summed E-state index contributed by atoms with van der Waals surface area (Å²) in [5.74, 6) is -0.324. The Morgan fingerprint density at radius 2 is 2.16 bits per heavy atom. The lowest BCUT2D eigenvalue weighted by Crippen LogP contribution is -2.28. The maximum absolute atomic E-state index is 13.8. The van der Waals surface area contributed by atoms with E-state index in [9.17, 15) is 9.18 Å². The maximum Gasteiger partial charge on any atom is 0.233 e. The zero-order valence-electron chi connectivity index (χ0n) is 13.8. The average Bonchev–Trinajstić information content (AvgIpc) is 2.97. The molecule has 0 unspecified atom stereocenters. The van der Waals surface area contributed by atoms with Crippen molar-refractivity contribution in [3.8, 4) is 0 Å². The molecular formula is C18H17ClFN3OS. The molecule has 7 heteroatoms. The molecule has 0 fully saturated rings. The average molecular weight is 378 g/mol. The smallest absolute Gasteiger partial charge is 0.233 e. The molecular weight excluding hydrogens is 361 g/mol. The predicted molar refractivity (Wildman–Crippen MR) is 99.4 cm³/mol. The standard InChI is InChI=1S/C18H17ClFN3OS/c1-11-6-7-15-16(8-11)22-18(21-15)25-10-17(24)23(2)9-12-13(19)4-3-5-14(12)20/h3-8H,9-10H2,1-2H3,(H,21,22).